The number of hydrogen-bond acceptors (Lipinski definition) is 3. The maximum absolute atomic E-state index is 13.2. The van der Waals surface area contributed by atoms with Crippen molar-refractivity contribution in [3.8, 4) is 0 Å². The van der Waals surface area contributed by atoms with Gasteiger partial charge in [-0.2, -0.15) is 0 Å². The third-order valence-corrected chi connectivity index (χ3v) is 5.44. The zero-order valence-electron chi connectivity index (χ0n) is 15.0. The van der Waals surface area contributed by atoms with E-state index in [1.54, 1.807) is 0 Å². The molecular weight excluding hydrogens is 314 g/mol. The average Bonchev–Trinajstić information content (AvgIpc) is 3.01. The summed E-state index contributed by atoms with van der Waals surface area (Å²) in [5, 5.41) is 0. The lowest BCUT2D eigenvalue weighted by molar-refractivity contribution is 0.0166. The number of pyridine rings is 1. The highest BCUT2D eigenvalue weighted by Gasteiger charge is 2.29. The van der Waals surface area contributed by atoms with Crippen LogP contribution in [0.3, 0.4) is 0 Å². The Morgan fingerprint density at radius 2 is 2.00 bits per heavy atom. The molecule has 4 rings (SSSR count). The molecule has 1 atom stereocenters. The Hall–Kier alpha value is -1.85. The van der Waals surface area contributed by atoms with Crippen molar-refractivity contribution in [1.82, 2.24) is 14.2 Å². The van der Waals surface area contributed by atoms with Crippen LogP contribution in [0.5, 0.6) is 0 Å². The van der Waals surface area contributed by atoms with Crippen molar-refractivity contribution in [2.45, 2.75) is 32.2 Å². The molecule has 0 unspecified atom stereocenters. The van der Waals surface area contributed by atoms with Gasteiger partial charge in [-0.05, 0) is 49.9 Å². The van der Waals surface area contributed by atoms with Gasteiger partial charge in [0.25, 0.3) is 5.91 Å². The van der Waals surface area contributed by atoms with E-state index in [9.17, 15) is 4.79 Å². The molecule has 0 bridgehead atoms. The molecular formula is C20H27N3O2. The predicted molar refractivity (Wildman–Crippen MR) is 98.1 cm³/mol. The van der Waals surface area contributed by atoms with E-state index in [0.29, 0.717) is 6.04 Å². The third kappa shape index (κ3) is 3.58. The van der Waals surface area contributed by atoms with Crippen LogP contribution in [0.15, 0.2) is 30.6 Å². The number of nitrogens with zero attached hydrogens (tertiary/aromatic N) is 3. The molecule has 0 saturated carbocycles. The molecule has 1 amide bonds. The highest BCUT2D eigenvalue weighted by molar-refractivity contribution is 5.94. The lowest BCUT2D eigenvalue weighted by atomic mass is 10.00. The van der Waals surface area contributed by atoms with E-state index in [1.165, 1.54) is 12.0 Å². The summed E-state index contributed by atoms with van der Waals surface area (Å²) < 4.78 is 7.51. The minimum Gasteiger partial charge on any atom is -0.379 e. The molecule has 2 aromatic heterocycles. The number of ether oxygens (including phenoxy) is 1. The quantitative estimate of drug-likeness (QED) is 0.861. The summed E-state index contributed by atoms with van der Waals surface area (Å²) in [7, 11) is 0. The van der Waals surface area contributed by atoms with Crippen molar-refractivity contribution >= 4 is 11.4 Å². The van der Waals surface area contributed by atoms with E-state index in [0.717, 1.165) is 63.3 Å². The number of piperidine rings is 1. The number of fused-ring (bicyclic) bond motifs is 1. The first-order valence-electron chi connectivity index (χ1n) is 9.40. The fraction of sp³-hybridized carbons (Fsp3) is 0.550. The molecule has 4 heterocycles. The van der Waals surface area contributed by atoms with Crippen molar-refractivity contribution in [3.63, 3.8) is 0 Å². The Labute approximate surface area is 149 Å². The van der Waals surface area contributed by atoms with Gasteiger partial charge in [0.15, 0.2) is 0 Å². The summed E-state index contributed by atoms with van der Waals surface area (Å²) in [6, 6.07) is 6.47. The number of aryl methyl sites for hydroxylation is 1. The standard InChI is InChI=1S/C20H27N3O2/c1-16-12-18-6-5-17(14-22(18)13-16)20(24)23-7-3-2-4-19(23)15-21-8-10-25-11-9-21/h5-6,12-14,19H,2-4,7-11,15H2,1H3/t19-/m1/s1. The lowest BCUT2D eigenvalue weighted by Gasteiger charge is -2.39. The van der Waals surface area contributed by atoms with Crippen LogP contribution in [0, 0.1) is 6.92 Å². The van der Waals surface area contributed by atoms with Crippen LogP contribution >= 0.6 is 0 Å². The molecule has 2 fully saturated rings. The Morgan fingerprint density at radius 1 is 1.16 bits per heavy atom. The summed E-state index contributed by atoms with van der Waals surface area (Å²) in [4.78, 5) is 17.7. The average molecular weight is 341 g/mol. The molecule has 5 nitrogen and oxygen atoms in total. The molecule has 2 aromatic rings. The van der Waals surface area contributed by atoms with E-state index < -0.39 is 0 Å². The summed E-state index contributed by atoms with van der Waals surface area (Å²) in [6.45, 7) is 7.50. The van der Waals surface area contributed by atoms with E-state index >= 15 is 0 Å². The van der Waals surface area contributed by atoms with E-state index in [1.807, 2.05) is 18.3 Å². The van der Waals surface area contributed by atoms with Crippen molar-refractivity contribution in [3.05, 3.63) is 41.7 Å². The first kappa shape index (κ1) is 16.6. The normalized spacial score (nSPS) is 22.4. The molecule has 0 spiro atoms. The van der Waals surface area contributed by atoms with Crippen LogP contribution in [-0.4, -0.2) is 65.5 Å². The number of aromatic nitrogens is 1. The van der Waals surface area contributed by atoms with Gasteiger partial charge in [-0.3, -0.25) is 9.69 Å². The molecule has 0 radical (unpaired) electrons. The minimum atomic E-state index is 0.172. The highest BCUT2D eigenvalue weighted by atomic mass is 16.5. The molecule has 0 aliphatic carbocycles. The van der Waals surface area contributed by atoms with Crippen molar-refractivity contribution in [2.24, 2.45) is 0 Å². The second-order valence-electron chi connectivity index (χ2n) is 7.33. The SMILES string of the molecule is Cc1cc2ccc(C(=O)N3CCCC[C@@H]3CN3CCOCC3)cn2c1. The van der Waals surface area contributed by atoms with Gasteiger partial charge in [0.2, 0.25) is 0 Å². The van der Waals surface area contributed by atoms with Gasteiger partial charge in [0.1, 0.15) is 0 Å². The molecule has 2 aliphatic heterocycles. The Bertz CT molecular complexity index is 748. The number of carbonyl (C=O) groups is 1. The number of amides is 1. The van der Waals surface area contributed by atoms with Crippen LogP contribution in [-0.2, 0) is 4.74 Å². The van der Waals surface area contributed by atoms with Gasteiger partial charge in [0.05, 0.1) is 18.8 Å². The summed E-state index contributed by atoms with van der Waals surface area (Å²) >= 11 is 0. The number of likely N-dealkylation sites (tertiary alicyclic amines) is 1. The van der Waals surface area contributed by atoms with Crippen molar-refractivity contribution in [2.75, 3.05) is 39.4 Å². The van der Waals surface area contributed by atoms with Crippen LogP contribution in [0.2, 0.25) is 0 Å². The zero-order chi connectivity index (χ0) is 17.2. The fourth-order valence-corrected chi connectivity index (χ4v) is 4.08. The van der Waals surface area contributed by atoms with Crippen LogP contribution in [0.1, 0.15) is 35.2 Å². The Balaban J connectivity index is 1.52. The minimum absolute atomic E-state index is 0.172. The molecule has 0 aromatic carbocycles. The van der Waals surface area contributed by atoms with Gasteiger partial charge >= 0.3 is 0 Å². The van der Waals surface area contributed by atoms with E-state index in [4.69, 9.17) is 4.74 Å². The molecule has 2 aliphatic rings. The second-order valence-corrected chi connectivity index (χ2v) is 7.33. The summed E-state index contributed by atoms with van der Waals surface area (Å²) in [5.74, 6) is 0.172. The van der Waals surface area contributed by atoms with E-state index in [-0.39, 0.29) is 5.91 Å². The molecule has 25 heavy (non-hydrogen) atoms. The maximum atomic E-state index is 13.2. The van der Waals surface area contributed by atoms with Crippen molar-refractivity contribution in [1.29, 1.82) is 0 Å². The smallest absolute Gasteiger partial charge is 0.255 e. The van der Waals surface area contributed by atoms with Crippen molar-refractivity contribution < 1.29 is 9.53 Å². The van der Waals surface area contributed by atoms with Gasteiger partial charge in [-0.1, -0.05) is 0 Å². The first-order valence-corrected chi connectivity index (χ1v) is 9.40. The Morgan fingerprint density at radius 3 is 2.84 bits per heavy atom. The maximum Gasteiger partial charge on any atom is 0.255 e. The highest BCUT2D eigenvalue weighted by Crippen LogP contribution is 2.22. The second kappa shape index (κ2) is 7.18. The van der Waals surface area contributed by atoms with Crippen LogP contribution < -0.4 is 0 Å². The largest absolute Gasteiger partial charge is 0.379 e. The lowest BCUT2D eigenvalue weighted by Crippen LogP contribution is -2.51. The van der Waals surface area contributed by atoms with Gasteiger partial charge in [-0.25, -0.2) is 0 Å². The Kier molecular flexibility index (Phi) is 4.77. The summed E-state index contributed by atoms with van der Waals surface area (Å²) in [6.07, 6.45) is 7.48. The zero-order valence-corrected chi connectivity index (χ0v) is 15.0. The van der Waals surface area contributed by atoms with E-state index in [2.05, 4.69) is 33.4 Å². The first-order chi connectivity index (χ1) is 12.2. The summed E-state index contributed by atoms with van der Waals surface area (Å²) in [5.41, 5.74) is 3.14. The molecule has 134 valence electrons. The number of morpholine rings is 1. The molecule has 2 saturated heterocycles. The number of carbonyl (C=O) groups excluding carboxylic acids is 1. The van der Waals surface area contributed by atoms with Crippen LogP contribution in [0.4, 0.5) is 0 Å². The fourth-order valence-electron chi connectivity index (χ4n) is 4.08. The number of hydrogen-bond donors (Lipinski definition) is 0. The third-order valence-electron chi connectivity index (χ3n) is 5.44. The predicted octanol–water partition coefficient (Wildman–Crippen LogP) is 2.57. The molecule has 5 heteroatoms. The van der Waals surface area contributed by atoms with Crippen LogP contribution in [0.25, 0.3) is 5.52 Å². The van der Waals surface area contributed by atoms with Gasteiger partial charge in [-0.15, -0.1) is 0 Å². The molecule has 0 N–H and O–H groups in total. The monoisotopic (exact) mass is 341 g/mol. The number of rotatable bonds is 3. The van der Waals surface area contributed by atoms with Gasteiger partial charge in [0, 0.05) is 50.1 Å². The topological polar surface area (TPSA) is 37.2 Å². The van der Waals surface area contributed by atoms with Gasteiger partial charge < -0.3 is 14.0 Å².